The smallest absolute Gasteiger partial charge is 0.229 e. The minimum atomic E-state index is 0.213. The van der Waals surface area contributed by atoms with E-state index in [-0.39, 0.29) is 6.61 Å². The number of hydrogen-bond acceptors (Lipinski definition) is 5. The zero-order valence-corrected chi connectivity index (χ0v) is 13.3. The lowest BCUT2D eigenvalue weighted by molar-refractivity contribution is 0.160. The maximum Gasteiger partial charge on any atom is 0.229 e. The Kier molecular flexibility index (Phi) is 4.14. The summed E-state index contributed by atoms with van der Waals surface area (Å²) in [5.74, 6) is 2.07. The fraction of sp³-hybridized carbons (Fsp3) is 0.556. The van der Waals surface area contributed by atoms with Crippen LogP contribution in [-0.2, 0) is 13.0 Å². The molecule has 1 aromatic carbocycles. The van der Waals surface area contributed by atoms with Crippen molar-refractivity contribution < 1.29 is 9.63 Å². The predicted molar refractivity (Wildman–Crippen MR) is 85.9 cm³/mol. The minimum Gasteiger partial charge on any atom is -0.396 e. The third-order valence-corrected chi connectivity index (χ3v) is 4.90. The van der Waals surface area contributed by atoms with Crippen LogP contribution in [-0.4, -0.2) is 33.3 Å². The summed E-state index contributed by atoms with van der Waals surface area (Å²) in [5, 5.41) is 13.4. The van der Waals surface area contributed by atoms with E-state index in [1.54, 1.807) is 0 Å². The van der Waals surface area contributed by atoms with Crippen LogP contribution in [0.3, 0.4) is 0 Å². The van der Waals surface area contributed by atoms with Gasteiger partial charge >= 0.3 is 0 Å². The van der Waals surface area contributed by atoms with Gasteiger partial charge in [-0.15, -0.1) is 0 Å². The Hall–Kier alpha value is -1.72. The molecule has 122 valence electrons. The second-order valence-electron chi connectivity index (χ2n) is 6.62. The molecule has 1 saturated carbocycles. The van der Waals surface area contributed by atoms with Crippen molar-refractivity contribution in [3.05, 3.63) is 47.1 Å². The molecule has 4 rings (SSSR count). The Bertz CT molecular complexity index is 666. The quantitative estimate of drug-likeness (QED) is 0.851. The van der Waals surface area contributed by atoms with Crippen LogP contribution in [0.5, 0.6) is 0 Å². The zero-order valence-electron chi connectivity index (χ0n) is 13.3. The van der Waals surface area contributed by atoms with Crippen molar-refractivity contribution in [2.45, 2.75) is 50.6 Å². The van der Waals surface area contributed by atoms with Crippen LogP contribution in [0.4, 0.5) is 0 Å². The molecule has 0 radical (unpaired) electrons. The van der Waals surface area contributed by atoms with Crippen LogP contribution in [0.1, 0.15) is 60.5 Å². The number of aliphatic hydroxyl groups excluding tert-OH is 1. The highest BCUT2D eigenvalue weighted by atomic mass is 16.5. The van der Waals surface area contributed by atoms with E-state index >= 15 is 0 Å². The van der Waals surface area contributed by atoms with Crippen molar-refractivity contribution in [1.29, 1.82) is 0 Å². The standard InChI is InChI=1S/C18H23N3O2/c22-11-3-10-21(12-17-19-18(23-20-17)14-6-7-14)16-9-8-13-4-1-2-5-15(13)16/h1-2,4-5,14,16,22H,3,6-12H2. The minimum absolute atomic E-state index is 0.213. The van der Waals surface area contributed by atoms with Crippen LogP contribution in [0.25, 0.3) is 0 Å². The third-order valence-electron chi connectivity index (χ3n) is 4.90. The largest absolute Gasteiger partial charge is 0.396 e. The number of aliphatic hydroxyl groups is 1. The van der Waals surface area contributed by atoms with Crippen molar-refractivity contribution in [3.63, 3.8) is 0 Å². The summed E-state index contributed by atoms with van der Waals surface area (Å²) < 4.78 is 5.39. The van der Waals surface area contributed by atoms with Gasteiger partial charge in [0.2, 0.25) is 5.89 Å². The lowest BCUT2D eigenvalue weighted by Crippen LogP contribution is -2.29. The maximum absolute atomic E-state index is 9.23. The number of fused-ring (bicyclic) bond motifs is 1. The van der Waals surface area contributed by atoms with Gasteiger partial charge < -0.3 is 9.63 Å². The summed E-state index contributed by atoms with van der Waals surface area (Å²) in [6.07, 6.45) is 5.36. The highest BCUT2D eigenvalue weighted by molar-refractivity contribution is 5.34. The molecule has 1 atom stereocenters. The van der Waals surface area contributed by atoms with Gasteiger partial charge in [0.15, 0.2) is 5.82 Å². The normalized spacial score (nSPS) is 20.2. The topological polar surface area (TPSA) is 62.4 Å². The second-order valence-corrected chi connectivity index (χ2v) is 6.62. The van der Waals surface area contributed by atoms with Gasteiger partial charge in [-0.3, -0.25) is 4.90 Å². The van der Waals surface area contributed by atoms with Gasteiger partial charge in [0.25, 0.3) is 0 Å². The molecule has 1 unspecified atom stereocenters. The van der Waals surface area contributed by atoms with Crippen molar-refractivity contribution >= 4 is 0 Å². The molecule has 1 fully saturated rings. The summed E-state index contributed by atoms with van der Waals surface area (Å²) in [4.78, 5) is 6.96. The summed E-state index contributed by atoms with van der Waals surface area (Å²) in [7, 11) is 0. The summed E-state index contributed by atoms with van der Waals surface area (Å²) in [5.41, 5.74) is 2.86. The van der Waals surface area contributed by atoms with Crippen molar-refractivity contribution in [2.24, 2.45) is 0 Å². The van der Waals surface area contributed by atoms with Crippen LogP contribution >= 0.6 is 0 Å². The molecule has 5 nitrogen and oxygen atoms in total. The van der Waals surface area contributed by atoms with Gasteiger partial charge in [0.05, 0.1) is 6.54 Å². The Morgan fingerprint density at radius 1 is 1.22 bits per heavy atom. The van der Waals surface area contributed by atoms with E-state index in [9.17, 15) is 5.11 Å². The first-order valence-corrected chi connectivity index (χ1v) is 8.60. The molecule has 5 heteroatoms. The van der Waals surface area contributed by atoms with Crippen molar-refractivity contribution in [1.82, 2.24) is 15.0 Å². The molecule has 0 spiro atoms. The molecule has 1 aromatic heterocycles. The fourth-order valence-corrected chi connectivity index (χ4v) is 3.54. The number of aromatic nitrogens is 2. The highest BCUT2D eigenvalue weighted by Gasteiger charge is 2.31. The monoisotopic (exact) mass is 313 g/mol. The highest BCUT2D eigenvalue weighted by Crippen LogP contribution is 2.39. The Balaban J connectivity index is 1.52. The van der Waals surface area contributed by atoms with E-state index in [0.29, 0.717) is 18.5 Å². The molecular weight excluding hydrogens is 290 g/mol. The Labute approximate surface area is 136 Å². The lowest BCUT2D eigenvalue weighted by atomic mass is 10.1. The number of hydrogen-bond donors (Lipinski definition) is 1. The van der Waals surface area contributed by atoms with Crippen molar-refractivity contribution in [2.75, 3.05) is 13.2 Å². The first-order valence-electron chi connectivity index (χ1n) is 8.60. The molecule has 2 aliphatic carbocycles. The van der Waals surface area contributed by atoms with E-state index in [1.165, 1.54) is 24.0 Å². The average Bonchev–Trinajstić information content (AvgIpc) is 3.17. The van der Waals surface area contributed by atoms with E-state index < -0.39 is 0 Å². The van der Waals surface area contributed by atoms with Gasteiger partial charge in [-0.2, -0.15) is 4.98 Å². The van der Waals surface area contributed by atoms with E-state index in [0.717, 1.165) is 37.5 Å². The molecular formula is C18H23N3O2. The van der Waals surface area contributed by atoms with Gasteiger partial charge in [-0.05, 0) is 43.2 Å². The maximum atomic E-state index is 9.23. The van der Waals surface area contributed by atoms with Crippen LogP contribution in [0.15, 0.2) is 28.8 Å². The molecule has 0 aliphatic heterocycles. The number of benzene rings is 1. The second kappa shape index (κ2) is 6.42. The van der Waals surface area contributed by atoms with E-state index in [1.807, 2.05) is 0 Å². The first kappa shape index (κ1) is 14.8. The van der Waals surface area contributed by atoms with Gasteiger partial charge in [0.1, 0.15) is 0 Å². The number of rotatable bonds is 7. The van der Waals surface area contributed by atoms with E-state index in [4.69, 9.17) is 4.52 Å². The summed E-state index contributed by atoms with van der Waals surface area (Å²) >= 11 is 0. The van der Waals surface area contributed by atoms with Gasteiger partial charge in [-0.25, -0.2) is 0 Å². The molecule has 1 heterocycles. The third kappa shape index (κ3) is 3.16. The van der Waals surface area contributed by atoms with Crippen molar-refractivity contribution in [3.8, 4) is 0 Å². The van der Waals surface area contributed by atoms with Crippen LogP contribution < -0.4 is 0 Å². The lowest BCUT2D eigenvalue weighted by Gasteiger charge is -2.28. The average molecular weight is 313 g/mol. The van der Waals surface area contributed by atoms with Gasteiger partial charge in [-0.1, -0.05) is 29.4 Å². The molecule has 0 saturated heterocycles. The predicted octanol–water partition coefficient (Wildman–Crippen LogP) is 2.82. The van der Waals surface area contributed by atoms with Crippen LogP contribution in [0, 0.1) is 0 Å². The molecule has 2 aliphatic rings. The first-order chi connectivity index (χ1) is 11.3. The van der Waals surface area contributed by atoms with Gasteiger partial charge in [0, 0.05) is 25.1 Å². The number of aryl methyl sites for hydroxylation is 1. The Morgan fingerprint density at radius 2 is 2.09 bits per heavy atom. The molecule has 23 heavy (non-hydrogen) atoms. The molecule has 1 N–H and O–H groups in total. The molecule has 2 aromatic rings. The SMILES string of the molecule is OCCCN(Cc1noc(C2CC2)n1)C1CCc2ccccc21. The zero-order chi connectivity index (χ0) is 15.6. The van der Waals surface area contributed by atoms with Crippen LogP contribution in [0.2, 0.25) is 0 Å². The van der Waals surface area contributed by atoms with E-state index in [2.05, 4.69) is 39.3 Å². The Morgan fingerprint density at radius 3 is 2.91 bits per heavy atom. The molecule has 0 bridgehead atoms. The number of nitrogens with zero attached hydrogens (tertiary/aromatic N) is 3. The molecule has 0 amide bonds. The summed E-state index contributed by atoms with van der Waals surface area (Å²) in [6.45, 7) is 1.75. The summed E-state index contributed by atoms with van der Waals surface area (Å²) in [6, 6.07) is 9.06. The fourth-order valence-electron chi connectivity index (χ4n) is 3.54.